The lowest BCUT2D eigenvalue weighted by Crippen LogP contribution is -2.35. The number of hydrogen-bond donors (Lipinski definition) is 1. The highest BCUT2D eigenvalue weighted by Gasteiger charge is 2.29. The first-order chi connectivity index (χ1) is 14.2. The Morgan fingerprint density at radius 1 is 1.23 bits per heavy atom. The van der Waals surface area contributed by atoms with E-state index in [1.165, 1.54) is 29.4 Å². The second kappa shape index (κ2) is 8.93. The third kappa shape index (κ3) is 4.85. The Hall–Kier alpha value is -2.78. The van der Waals surface area contributed by atoms with Crippen LogP contribution >= 0.6 is 11.6 Å². The number of nitrogens with zero attached hydrogens (tertiary/aromatic N) is 2. The molecule has 1 aliphatic rings. The lowest BCUT2D eigenvalue weighted by atomic mass is 10.1. The molecule has 0 unspecified atom stereocenters. The van der Waals surface area contributed by atoms with Crippen LogP contribution in [0.4, 0.5) is 11.4 Å². The number of methoxy groups -OCH3 is 1. The highest BCUT2D eigenvalue weighted by atomic mass is 35.5. The minimum Gasteiger partial charge on any atom is -0.495 e. The summed E-state index contributed by atoms with van der Waals surface area (Å²) in [6, 6.07) is 11.2. The summed E-state index contributed by atoms with van der Waals surface area (Å²) in [5, 5.41) is 3.11. The second-order valence-corrected chi connectivity index (χ2v) is 9.30. The van der Waals surface area contributed by atoms with Crippen LogP contribution < -0.4 is 14.4 Å². The predicted octanol–water partition coefficient (Wildman–Crippen LogP) is 2.60. The number of sulfonamides is 1. The zero-order valence-corrected chi connectivity index (χ0v) is 18.2. The number of benzene rings is 2. The average Bonchev–Trinajstić information content (AvgIpc) is 3.06. The summed E-state index contributed by atoms with van der Waals surface area (Å²) in [7, 11) is -0.374. The summed E-state index contributed by atoms with van der Waals surface area (Å²) in [5.74, 6) is -0.286. The van der Waals surface area contributed by atoms with Crippen molar-refractivity contribution in [1.29, 1.82) is 0 Å². The largest absolute Gasteiger partial charge is 0.495 e. The Kier molecular flexibility index (Phi) is 6.52. The fourth-order valence-corrected chi connectivity index (χ4v) is 4.93. The first-order valence-electron chi connectivity index (χ1n) is 9.20. The van der Waals surface area contributed by atoms with Gasteiger partial charge in [0, 0.05) is 24.2 Å². The fourth-order valence-electron chi connectivity index (χ4n) is 3.20. The van der Waals surface area contributed by atoms with Gasteiger partial charge in [0.15, 0.2) is 0 Å². The van der Waals surface area contributed by atoms with E-state index < -0.39 is 21.8 Å². The molecule has 1 N–H and O–H groups in total. The number of ether oxygens (including phenoxy) is 1. The molecule has 0 aromatic heterocycles. The number of likely N-dealkylation sites (N-methyl/N-ethyl adjacent to an activating group) is 1. The van der Waals surface area contributed by atoms with Gasteiger partial charge in [0.05, 0.1) is 30.8 Å². The molecule has 160 valence electrons. The molecule has 0 bridgehead atoms. The van der Waals surface area contributed by atoms with Gasteiger partial charge in [-0.3, -0.25) is 13.9 Å². The van der Waals surface area contributed by atoms with Gasteiger partial charge in [-0.25, -0.2) is 8.42 Å². The van der Waals surface area contributed by atoms with Gasteiger partial charge in [-0.2, -0.15) is 0 Å². The summed E-state index contributed by atoms with van der Waals surface area (Å²) in [4.78, 5) is 26.4. The molecule has 3 rings (SSSR count). The first-order valence-corrected chi connectivity index (χ1v) is 11.2. The van der Waals surface area contributed by atoms with E-state index in [0.717, 1.165) is 0 Å². The molecule has 0 atom stereocenters. The van der Waals surface area contributed by atoms with Crippen LogP contribution in [0, 0.1) is 0 Å². The Bertz CT molecular complexity index is 1070. The first kappa shape index (κ1) is 21.9. The van der Waals surface area contributed by atoms with Gasteiger partial charge in [0.1, 0.15) is 5.75 Å². The molecule has 2 aromatic rings. The van der Waals surface area contributed by atoms with Crippen LogP contribution in [0.1, 0.15) is 16.8 Å². The highest BCUT2D eigenvalue weighted by Crippen LogP contribution is 2.28. The van der Waals surface area contributed by atoms with Gasteiger partial charge in [-0.1, -0.05) is 17.7 Å². The van der Waals surface area contributed by atoms with Crippen molar-refractivity contribution < 1.29 is 22.7 Å². The van der Waals surface area contributed by atoms with Crippen LogP contribution in [-0.2, 0) is 14.8 Å². The van der Waals surface area contributed by atoms with Crippen molar-refractivity contribution in [3.05, 3.63) is 53.1 Å². The monoisotopic (exact) mass is 451 g/mol. The van der Waals surface area contributed by atoms with E-state index in [-0.39, 0.29) is 12.3 Å². The molecule has 2 aromatic carbocycles. The maximum absolute atomic E-state index is 12.8. The number of amides is 2. The molecule has 10 heteroatoms. The summed E-state index contributed by atoms with van der Waals surface area (Å²) >= 11 is 5.96. The summed E-state index contributed by atoms with van der Waals surface area (Å²) in [6.07, 6.45) is 0.549. The number of carbonyl (C=O) groups is 2. The molecule has 1 fully saturated rings. The molecule has 1 aliphatic heterocycles. The molecular weight excluding hydrogens is 430 g/mol. The molecule has 0 spiro atoms. The van der Waals surface area contributed by atoms with E-state index in [1.54, 1.807) is 36.4 Å². The number of halogens is 1. The van der Waals surface area contributed by atoms with Crippen molar-refractivity contribution in [2.45, 2.75) is 6.42 Å². The van der Waals surface area contributed by atoms with Crippen LogP contribution in [0.5, 0.6) is 5.75 Å². The van der Waals surface area contributed by atoms with Gasteiger partial charge < -0.3 is 15.0 Å². The number of rotatable bonds is 6. The van der Waals surface area contributed by atoms with Crippen LogP contribution in [-0.4, -0.2) is 58.1 Å². The number of nitrogens with one attached hydrogen (secondary N) is 1. The van der Waals surface area contributed by atoms with E-state index in [1.807, 2.05) is 0 Å². The van der Waals surface area contributed by atoms with Gasteiger partial charge in [-0.15, -0.1) is 0 Å². The SMILES string of the molecule is COc1ccc(Cl)cc1NC(=O)CN(C)C(=O)c1cccc(N2CCCS2(=O)=O)c1. The van der Waals surface area contributed by atoms with Gasteiger partial charge >= 0.3 is 0 Å². The van der Waals surface area contributed by atoms with Crippen LogP contribution in [0.15, 0.2) is 42.5 Å². The third-order valence-corrected chi connectivity index (χ3v) is 6.75. The third-order valence-electron chi connectivity index (χ3n) is 4.64. The van der Waals surface area contributed by atoms with E-state index >= 15 is 0 Å². The Morgan fingerprint density at radius 3 is 2.67 bits per heavy atom. The maximum atomic E-state index is 12.8. The van der Waals surface area contributed by atoms with Crippen LogP contribution in [0.25, 0.3) is 0 Å². The zero-order chi connectivity index (χ0) is 21.9. The Balaban J connectivity index is 1.70. The standard InChI is InChI=1S/C20H22ClN3O5S/c1-23(13-19(25)22-17-12-15(21)7-8-18(17)29-2)20(26)14-5-3-6-16(11-14)24-9-4-10-30(24,27)28/h3,5-8,11-12H,4,9-10,13H2,1-2H3,(H,22,25). The summed E-state index contributed by atoms with van der Waals surface area (Å²) in [6.45, 7) is 0.181. The number of carbonyl (C=O) groups excluding carboxylic acids is 2. The Labute approximate surface area is 180 Å². The van der Waals surface area contributed by atoms with Crippen molar-refractivity contribution in [1.82, 2.24) is 4.90 Å². The topological polar surface area (TPSA) is 96.0 Å². The second-order valence-electron chi connectivity index (χ2n) is 6.85. The van der Waals surface area contributed by atoms with Crippen LogP contribution in [0.3, 0.4) is 0 Å². The molecule has 1 saturated heterocycles. The maximum Gasteiger partial charge on any atom is 0.254 e. The Morgan fingerprint density at radius 2 is 2.00 bits per heavy atom. The minimum absolute atomic E-state index is 0.0954. The summed E-state index contributed by atoms with van der Waals surface area (Å²) in [5.41, 5.74) is 1.14. The molecule has 1 heterocycles. The lowest BCUT2D eigenvalue weighted by molar-refractivity contribution is -0.116. The molecule has 0 radical (unpaired) electrons. The lowest BCUT2D eigenvalue weighted by Gasteiger charge is -2.20. The molecule has 0 saturated carbocycles. The van der Waals surface area contributed by atoms with Crippen molar-refractivity contribution in [2.75, 3.05) is 42.6 Å². The van der Waals surface area contributed by atoms with Crippen molar-refractivity contribution in [2.24, 2.45) is 0 Å². The number of hydrogen-bond acceptors (Lipinski definition) is 5. The molecule has 0 aliphatic carbocycles. The van der Waals surface area contributed by atoms with E-state index in [9.17, 15) is 18.0 Å². The predicted molar refractivity (Wildman–Crippen MR) is 116 cm³/mol. The number of anilines is 2. The van der Waals surface area contributed by atoms with Crippen molar-refractivity contribution in [3.63, 3.8) is 0 Å². The highest BCUT2D eigenvalue weighted by molar-refractivity contribution is 7.93. The smallest absolute Gasteiger partial charge is 0.254 e. The average molecular weight is 452 g/mol. The van der Waals surface area contributed by atoms with Gasteiger partial charge in [0.2, 0.25) is 15.9 Å². The minimum atomic E-state index is -3.34. The summed E-state index contributed by atoms with van der Waals surface area (Å²) < 4.78 is 30.8. The quantitative estimate of drug-likeness (QED) is 0.728. The van der Waals surface area contributed by atoms with Crippen molar-refractivity contribution >= 4 is 44.8 Å². The zero-order valence-electron chi connectivity index (χ0n) is 16.6. The molecule has 2 amide bonds. The molecule has 30 heavy (non-hydrogen) atoms. The van der Waals surface area contributed by atoms with E-state index in [2.05, 4.69) is 5.32 Å². The van der Waals surface area contributed by atoms with E-state index in [0.29, 0.717) is 40.7 Å². The van der Waals surface area contributed by atoms with E-state index in [4.69, 9.17) is 16.3 Å². The van der Waals surface area contributed by atoms with Gasteiger partial charge in [0.25, 0.3) is 5.91 Å². The molecular formula is C20H22ClN3O5S. The van der Waals surface area contributed by atoms with Crippen LogP contribution in [0.2, 0.25) is 5.02 Å². The van der Waals surface area contributed by atoms with Gasteiger partial charge in [-0.05, 0) is 42.8 Å². The molecule has 8 nitrogen and oxygen atoms in total. The fraction of sp³-hybridized carbons (Fsp3) is 0.300. The normalized spacial score (nSPS) is 15.0. The van der Waals surface area contributed by atoms with Crippen molar-refractivity contribution in [3.8, 4) is 5.75 Å².